The molecule has 0 saturated carbocycles. The zero-order valence-corrected chi connectivity index (χ0v) is 14.1. The van der Waals surface area contributed by atoms with E-state index in [9.17, 15) is 0 Å². The van der Waals surface area contributed by atoms with Crippen molar-refractivity contribution in [3.05, 3.63) is 35.9 Å². The van der Waals surface area contributed by atoms with E-state index in [1.807, 2.05) is 0 Å². The second-order valence-electron chi connectivity index (χ2n) is 7.51. The van der Waals surface area contributed by atoms with Gasteiger partial charge in [-0.1, -0.05) is 51.1 Å². The molecule has 21 heavy (non-hydrogen) atoms. The molecule has 0 radical (unpaired) electrons. The van der Waals surface area contributed by atoms with Crippen molar-refractivity contribution in [2.75, 3.05) is 46.3 Å². The molecule has 1 N–H and O–H groups in total. The van der Waals surface area contributed by atoms with Gasteiger partial charge < -0.3 is 10.2 Å². The van der Waals surface area contributed by atoms with Crippen LogP contribution in [0.4, 0.5) is 0 Å². The number of rotatable bonds is 5. The van der Waals surface area contributed by atoms with Gasteiger partial charge in [-0.05, 0) is 18.0 Å². The van der Waals surface area contributed by atoms with Crippen LogP contribution in [-0.2, 0) is 0 Å². The van der Waals surface area contributed by atoms with Gasteiger partial charge in [-0.25, -0.2) is 0 Å². The van der Waals surface area contributed by atoms with Crippen molar-refractivity contribution >= 4 is 0 Å². The van der Waals surface area contributed by atoms with Gasteiger partial charge in [-0.15, -0.1) is 0 Å². The molecule has 1 aromatic carbocycles. The minimum atomic E-state index is 0.315. The molecule has 0 aliphatic carbocycles. The first-order valence-electron chi connectivity index (χ1n) is 8.13. The number of hydrogen-bond donors (Lipinski definition) is 1. The molecule has 1 heterocycles. The monoisotopic (exact) mass is 289 g/mol. The maximum absolute atomic E-state index is 3.78. The SMILES string of the molecule is CN1CCN(C[C@@H](NCC(C)(C)C)c2ccccc2)CC1. The molecular weight excluding hydrogens is 258 g/mol. The standard InChI is InChI=1S/C18H31N3/c1-18(2,3)15-19-17(16-8-6-5-7-9-16)14-21-12-10-20(4)11-13-21/h5-9,17,19H,10-15H2,1-4H3/t17-/m1/s1. The zero-order valence-electron chi connectivity index (χ0n) is 14.1. The van der Waals surface area contributed by atoms with Gasteiger partial charge in [0, 0.05) is 45.3 Å². The third-order valence-electron chi connectivity index (χ3n) is 4.12. The van der Waals surface area contributed by atoms with Crippen LogP contribution in [0.15, 0.2) is 30.3 Å². The van der Waals surface area contributed by atoms with Crippen LogP contribution in [0.5, 0.6) is 0 Å². The van der Waals surface area contributed by atoms with E-state index in [0.29, 0.717) is 11.5 Å². The largest absolute Gasteiger partial charge is 0.308 e. The fourth-order valence-corrected chi connectivity index (χ4v) is 2.69. The Morgan fingerprint density at radius 1 is 1.05 bits per heavy atom. The molecule has 1 saturated heterocycles. The molecule has 2 rings (SSSR count). The van der Waals surface area contributed by atoms with E-state index in [2.05, 4.69) is 73.3 Å². The average Bonchev–Trinajstić information content (AvgIpc) is 2.45. The predicted octanol–water partition coefficient (Wildman–Crippen LogP) is 2.61. The lowest BCUT2D eigenvalue weighted by Crippen LogP contribution is -2.47. The molecule has 1 atom stereocenters. The van der Waals surface area contributed by atoms with Crippen LogP contribution < -0.4 is 5.32 Å². The first kappa shape index (κ1) is 16.5. The molecule has 0 bridgehead atoms. The van der Waals surface area contributed by atoms with Gasteiger partial charge in [0.15, 0.2) is 0 Å². The van der Waals surface area contributed by atoms with E-state index in [4.69, 9.17) is 0 Å². The summed E-state index contributed by atoms with van der Waals surface area (Å²) in [6.07, 6.45) is 0. The number of hydrogen-bond acceptors (Lipinski definition) is 3. The quantitative estimate of drug-likeness (QED) is 0.899. The molecule has 118 valence electrons. The number of nitrogens with one attached hydrogen (secondary N) is 1. The second kappa shape index (κ2) is 7.39. The van der Waals surface area contributed by atoms with E-state index in [0.717, 1.165) is 13.1 Å². The summed E-state index contributed by atoms with van der Waals surface area (Å²) in [6.45, 7) is 13.7. The fourth-order valence-electron chi connectivity index (χ4n) is 2.69. The lowest BCUT2D eigenvalue weighted by atomic mass is 9.95. The third-order valence-corrected chi connectivity index (χ3v) is 4.12. The number of benzene rings is 1. The van der Waals surface area contributed by atoms with Gasteiger partial charge >= 0.3 is 0 Å². The molecule has 0 aromatic heterocycles. The van der Waals surface area contributed by atoms with E-state index in [1.165, 1.54) is 31.7 Å². The molecule has 1 fully saturated rings. The summed E-state index contributed by atoms with van der Waals surface area (Å²) in [5.41, 5.74) is 1.72. The first-order valence-corrected chi connectivity index (χ1v) is 8.13. The summed E-state index contributed by atoms with van der Waals surface area (Å²) < 4.78 is 0. The molecule has 0 amide bonds. The predicted molar refractivity (Wildman–Crippen MR) is 90.6 cm³/mol. The maximum Gasteiger partial charge on any atom is 0.0449 e. The topological polar surface area (TPSA) is 18.5 Å². The Morgan fingerprint density at radius 3 is 2.24 bits per heavy atom. The summed E-state index contributed by atoms with van der Waals surface area (Å²) in [7, 11) is 2.21. The van der Waals surface area contributed by atoms with Crippen LogP contribution in [0, 0.1) is 5.41 Å². The lowest BCUT2D eigenvalue weighted by molar-refractivity contribution is 0.140. The van der Waals surface area contributed by atoms with Crippen LogP contribution in [0.3, 0.4) is 0 Å². The zero-order chi connectivity index (χ0) is 15.3. The second-order valence-corrected chi connectivity index (χ2v) is 7.51. The van der Waals surface area contributed by atoms with Gasteiger partial charge in [0.05, 0.1) is 0 Å². The van der Waals surface area contributed by atoms with Crippen molar-refractivity contribution in [1.82, 2.24) is 15.1 Å². The van der Waals surface area contributed by atoms with Crippen LogP contribution in [0.2, 0.25) is 0 Å². The highest BCUT2D eigenvalue weighted by atomic mass is 15.3. The maximum atomic E-state index is 3.78. The Bertz CT molecular complexity index is 402. The van der Waals surface area contributed by atoms with Gasteiger partial charge in [-0.3, -0.25) is 4.90 Å². The van der Waals surface area contributed by atoms with Crippen molar-refractivity contribution in [3.8, 4) is 0 Å². The van der Waals surface area contributed by atoms with Gasteiger partial charge in [0.1, 0.15) is 0 Å². The fraction of sp³-hybridized carbons (Fsp3) is 0.667. The van der Waals surface area contributed by atoms with Crippen LogP contribution >= 0.6 is 0 Å². The smallest absolute Gasteiger partial charge is 0.0449 e. The molecule has 1 aliphatic heterocycles. The van der Waals surface area contributed by atoms with Crippen molar-refractivity contribution in [2.24, 2.45) is 5.41 Å². The molecule has 1 aromatic rings. The summed E-state index contributed by atoms with van der Waals surface area (Å²) >= 11 is 0. The molecule has 3 heteroatoms. The third kappa shape index (κ3) is 5.77. The average molecular weight is 289 g/mol. The highest BCUT2D eigenvalue weighted by Crippen LogP contribution is 2.18. The minimum Gasteiger partial charge on any atom is -0.308 e. The Labute approximate surface area is 130 Å². The summed E-state index contributed by atoms with van der Waals surface area (Å²) in [4.78, 5) is 5.00. The summed E-state index contributed by atoms with van der Waals surface area (Å²) in [5, 5.41) is 3.78. The Kier molecular flexibility index (Phi) is 5.80. The van der Waals surface area contributed by atoms with Crippen molar-refractivity contribution in [1.29, 1.82) is 0 Å². The van der Waals surface area contributed by atoms with E-state index in [1.54, 1.807) is 0 Å². The molecule has 0 unspecified atom stereocenters. The molecule has 0 spiro atoms. The van der Waals surface area contributed by atoms with Gasteiger partial charge in [0.2, 0.25) is 0 Å². The first-order chi connectivity index (χ1) is 9.94. The molecule has 3 nitrogen and oxygen atoms in total. The Morgan fingerprint density at radius 2 is 1.67 bits per heavy atom. The Balaban J connectivity index is 1.98. The number of nitrogens with zero attached hydrogens (tertiary/aromatic N) is 2. The van der Waals surface area contributed by atoms with Crippen LogP contribution in [-0.4, -0.2) is 56.1 Å². The highest BCUT2D eigenvalue weighted by Gasteiger charge is 2.21. The Hall–Kier alpha value is -0.900. The number of likely N-dealkylation sites (N-methyl/N-ethyl adjacent to an activating group) is 1. The highest BCUT2D eigenvalue weighted by molar-refractivity contribution is 5.19. The molecule has 1 aliphatic rings. The van der Waals surface area contributed by atoms with Crippen LogP contribution in [0.1, 0.15) is 32.4 Å². The number of piperazine rings is 1. The van der Waals surface area contributed by atoms with Crippen LogP contribution in [0.25, 0.3) is 0 Å². The van der Waals surface area contributed by atoms with Crippen molar-refractivity contribution < 1.29 is 0 Å². The van der Waals surface area contributed by atoms with E-state index < -0.39 is 0 Å². The summed E-state index contributed by atoms with van der Waals surface area (Å²) in [6, 6.07) is 11.3. The molecular formula is C18H31N3. The van der Waals surface area contributed by atoms with E-state index in [-0.39, 0.29) is 0 Å². The van der Waals surface area contributed by atoms with Gasteiger partial charge in [0.25, 0.3) is 0 Å². The van der Waals surface area contributed by atoms with Crippen molar-refractivity contribution in [2.45, 2.75) is 26.8 Å². The lowest BCUT2D eigenvalue weighted by Gasteiger charge is -2.35. The summed E-state index contributed by atoms with van der Waals surface area (Å²) in [5.74, 6) is 0. The van der Waals surface area contributed by atoms with Crippen molar-refractivity contribution in [3.63, 3.8) is 0 Å². The minimum absolute atomic E-state index is 0.315. The van der Waals surface area contributed by atoms with Gasteiger partial charge in [-0.2, -0.15) is 0 Å². The van der Waals surface area contributed by atoms with E-state index >= 15 is 0 Å². The normalized spacial score (nSPS) is 19.6.